The molecule has 4 heterocycles. The summed E-state index contributed by atoms with van der Waals surface area (Å²) in [4.78, 5) is 39.5. The third kappa shape index (κ3) is 6.02. The number of carbonyl (C=O) groups is 1. The number of aromatic carboxylic acids is 1. The van der Waals surface area contributed by atoms with E-state index in [0.29, 0.717) is 31.3 Å². The van der Waals surface area contributed by atoms with E-state index in [2.05, 4.69) is 14.9 Å². The maximum absolute atomic E-state index is 15.9. The summed E-state index contributed by atoms with van der Waals surface area (Å²) in [7, 11) is 0. The van der Waals surface area contributed by atoms with E-state index in [1.165, 1.54) is 9.47 Å². The lowest BCUT2D eigenvalue weighted by atomic mass is 10.1. The average Bonchev–Trinajstić information content (AvgIpc) is 3.51. The number of fused-ring (bicyclic) bond motifs is 1. The van der Waals surface area contributed by atoms with Gasteiger partial charge in [0.2, 0.25) is 11.4 Å². The second-order valence-corrected chi connectivity index (χ2v) is 11.1. The lowest BCUT2D eigenvalue weighted by molar-refractivity contribution is -0.0955. The number of benzene rings is 2. The van der Waals surface area contributed by atoms with Crippen LogP contribution in [0.25, 0.3) is 16.6 Å². The van der Waals surface area contributed by atoms with Gasteiger partial charge in [0.05, 0.1) is 5.39 Å². The highest BCUT2D eigenvalue weighted by molar-refractivity contribution is 6.21. The minimum absolute atomic E-state index is 0.174. The van der Waals surface area contributed by atoms with Crippen LogP contribution in [0, 0.1) is 5.82 Å². The number of aromatic nitrogens is 3. The van der Waals surface area contributed by atoms with Gasteiger partial charge in [0.1, 0.15) is 16.8 Å². The molecule has 230 valence electrons. The quantitative estimate of drug-likeness (QED) is 0.278. The number of hydrogen-bond donors (Lipinski definition) is 1. The minimum Gasteiger partial charge on any atom is -0.477 e. The molecule has 6 rings (SSSR count). The zero-order valence-corrected chi connectivity index (χ0v) is 24.2. The van der Waals surface area contributed by atoms with Crippen molar-refractivity contribution in [1.29, 1.82) is 0 Å². The fourth-order valence-electron chi connectivity index (χ4n) is 5.82. The number of likely N-dealkylation sites (tertiary alicyclic amines) is 1. The van der Waals surface area contributed by atoms with E-state index in [9.17, 15) is 23.5 Å². The molecule has 0 bridgehead atoms. The highest BCUT2D eigenvalue weighted by atomic mass is 35.5. The molecule has 1 N–H and O–H groups in total. The molecule has 0 aliphatic carbocycles. The van der Waals surface area contributed by atoms with Crippen LogP contribution in [-0.2, 0) is 6.54 Å². The fraction of sp³-hybridized carbons (Fsp3) is 0.333. The van der Waals surface area contributed by atoms with E-state index in [-0.39, 0.29) is 24.3 Å². The molecular weight excluding hydrogens is 601 g/mol. The molecule has 0 saturated carbocycles. The van der Waals surface area contributed by atoms with Crippen molar-refractivity contribution >= 4 is 40.1 Å². The topological polar surface area (TPSA) is 104 Å². The van der Waals surface area contributed by atoms with E-state index in [1.54, 1.807) is 30.6 Å². The molecule has 44 heavy (non-hydrogen) atoms. The molecule has 0 atom stereocenters. The maximum Gasteiger partial charge on any atom is 0.487 e. The Kier molecular flexibility index (Phi) is 8.08. The summed E-state index contributed by atoms with van der Waals surface area (Å²) in [6, 6.07) is 9.59. The second kappa shape index (κ2) is 12.0. The molecule has 2 aromatic heterocycles. The summed E-state index contributed by atoms with van der Waals surface area (Å²) in [5.74, 6) is -2.80. The van der Waals surface area contributed by atoms with Crippen LogP contribution in [0.4, 0.5) is 24.8 Å². The van der Waals surface area contributed by atoms with Gasteiger partial charge < -0.3 is 24.2 Å². The number of hydrogen-bond acceptors (Lipinski definition) is 8. The Morgan fingerprint density at radius 3 is 2.25 bits per heavy atom. The number of halogens is 4. The van der Waals surface area contributed by atoms with Crippen molar-refractivity contribution in [3.05, 3.63) is 82.2 Å². The molecule has 2 aliphatic heterocycles. The Balaban J connectivity index is 1.49. The number of nitrogens with zero attached hydrogens (tertiary/aromatic N) is 6. The van der Waals surface area contributed by atoms with E-state index < -0.39 is 39.5 Å². The van der Waals surface area contributed by atoms with Crippen LogP contribution in [-0.4, -0.2) is 75.3 Å². The fourth-order valence-corrected chi connectivity index (χ4v) is 5.90. The van der Waals surface area contributed by atoms with Gasteiger partial charge >= 0.3 is 11.5 Å². The number of ether oxygens (including phenoxy) is 1. The summed E-state index contributed by atoms with van der Waals surface area (Å²) < 4.78 is 50.8. The number of rotatable bonds is 8. The molecule has 10 nitrogen and oxygen atoms in total. The lowest BCUT2D eigenvalue weighted by Gasteiger charge is -2.37. The van der Waals surface area contributed by atoms with Gasteiger partial charge in [-0.05, 0) is 55.8 Å². The molecule has 0 unspecified atom stereocenters. The van der Waals surface area contributed by atoms with E-state index in [1.807, 2.05) is 17.0 Å². The second-order valence-electron chi connectivity index (χ2n) is 10.7. The third-order valence-electron chi connectivity index (χ3n) is 7.87. The van der Waals surface area contributed by atoms with Gasteiger partial charge in [0, 0.05) is 68.6 Å². The van der Waals surface area contributed by atoms with Gasteiger partial charge in [-0.3, -0.25) is 9.69 Å². The largest absolute Gasteiger partial charge is 0.487 e. The predicted octanol–water partition coefficient (Wildman–Crippen LogP) is 4.71. The van der Waals surface area contributed by atoms with Crippen LogP contribution >= 0.6 is 11.6 Å². The lowest BCUT2D eigenvalue weighted by Crippen LogP contribution is -2.47. The van der Waals surface area contributed by atoms with E-state index in [0.717, 1.165) is 43.8 Å². The normalized spacial score (nSPS) is 16.1. The first kappa shape index (κ1) is 29.7. The van der Waals surface area contributed by atoms with Crippen molar-refractivity contribution in [2.24, 2.45) is 0 Å². The Labute approximate surface area is 254 Å². The number of anilines is 2. The summed E-state index contributed by atoms with van der Waals surface area (Å²) in [6.45, 7) is 3.71. The molecule has 14 heteroatoms. The maximum atomic E-state index is 15.9. The van der Waals surface area contributed by atoms with Gasteiger partial charge in [-0.15, -0.1) is 8.78 Å². The number of pyridine rings is 1. The number of alkyl halides is 3. The van der Waals surface area contributed by atoms with Crippen LogP contribution in [0.2, 0.25) is 0 Å². The predicted molar refractivity (Wildman–Crippen MR) is 159 cm³/mol. The number of carboxylic acids is 1. The van der Waals surface area contributed by atoms with Crippen molar-refractivity contribution in [2.75, 3.05) is 49.1 Å². The summed E-state index contributed by atoms with van der Waals surface area (Å²) >= 11 is 5.25. The molecule has 0 spiro atoms. The Morgan fingerprint density at radius 1 is 1.00 bits per heavy atom. The molecule has 2 aliphatic rings. The molecule has 0 radical (unpaired) electrons. The van der Waals surface area contributed by atoms with Gasteiger partial charge in [-0.1, -0.05) is 12.1 Å². The number of piperazine rings is 1. The average molecular weight is 629 g/mol. The van der Waals surface area contributed by atoms with Crippen molar-refractivity contribution in [1.82, 2.24) is 19.4 Å². The van der Waals surface area contributed by atoms with Gasteiger partial charge in [-0.25, -0.2) is 19.2 Å². The van der Waals surface area contributed by atoms with E-state index >= 15 is 4.39 Å². The van der Waals surface area contributed by atoms with Crippen LogP contribution in [0.3, 0.4) is 0 Å². The van der Waals surface area contributed by atoms with Gasteiger partial charge in [0.25, 0.3) is 0 Å². The highest BCUT2D eigenvalue weighted by Crippen LogP contribution is 2.43. The van der Waals surface area contributed by atoms with Gasteiger partial charge in [-0.2, -0.15) is 0 Å². The Hall–Kier alpha value is -4.36. The molecule has 0 amide bonds. The Bertz CT molecular complexity index is 1740. The summed E-state index contributed by atoms with van der Waals surface area (Å²) in [5.41, 5.74) is -5.20. The van der Waals surface area contributed by atoms with Crippen molar-refractivity contribution < 1.29 is 27.8 Å². The van der Waals surface area contributed by atoms with Crippen LogP contribution in [0.15, 0.2) is 59.8 Å². The molecule has 2 saturated heterocycles. The first-order chi connectivity index (χ1) is 21.1. The first-order valence-electron chi connectivity index (χ1n) is 14.1. The molecular formula is C30H28ClF3N6O4. The Morgan fingerprint density at radius 2 is 1.64 bits per heavy atom. The molecule has 2 aromatic carbocycles. The van der Waals surface area contributed by atoms with Crippen LogP contribution in [0.5, 0.6) is 5.75 Å². The zero-order valence-electron chi connectivity index (χ0n) is 23.4. The molecule has 4 aromatic rings. The summed E-state index contributed by atoms with van der Waals surface area (Å²) in [5, 5.41) is 9.35. The van der Waals surface area contributed by atoms with Crippen molar-refractivity contribution in [3.8, 4) is 11.4 Å². The first-order valence-corrected chi connectivity index (χ1v) is 14.5. The summed E-state index contributed by atoms with van der Waals surface area (Å²) in [6.07, 6.45) is 6.47. The van der Waals surface area contributed by atoms with Crippen LogP contribution in [0.1, 0.15) is 28.8 Å². The smallest absolute Gasteiger partial charge is 0.477 e. The molecule has 2 fully saturated rings. The van der Waals surface area contributed by atoms with Crippen molar-refractivity contribution in [3.63, 3.8) is 0 Å². The van der Waals surface area contributed by atoms with Gasteiger partial charge in [0.15, 0.2) is 11.6 Å². The SMILES string of the molecule is O=C(O)c1cn(-c2ccc(CN3CCCC3)cc2)c2c(OC(F)(F)Cl)c(N3CCN(c4ncccn4)CC3)c(F)cc2c1=O. The standard InChI is InChI=1S/C30H28ClF3N6O4/c31-30(33,34)44-27-24-21(16-23(32)25(27)38-12-14-39(15-13-38)29-35-8-3-9-36-29)26(41)22(28(42)43)18-40(24)20-6-4-19(5-7-20)17-37-10-1-2-11-37/h3-9,16,18H,1-2,10-15,17H2,(H,42,43). The minimum atomic E-state index is -4.28. The van der Waals surface area contributed by atoms with E-state index in [4.69, 9.17) is 16.3 Å². The number of carboxylic acid groups (broad SMARTS) is 1. The highest BCUT2D eigenvalue weighted by Gasteiger charge is 2.35. The monoisotopic (exact) mass is 628 g/mol. The van der Waals surface area contributed by atoms with Crippen molar-refractivity contribution in [2.45, 2.75) is 25.0 Å². The van der Waals surface area contributed by atoms with Crippen LogP contribution < -0.4 is 20.0 Å². The third-order valence-corrected chi connectivity index (χ3v) is 7.95. The zero-order chi connectivity index (χ0) is 31.0.